The third kappa shape index (κ3) is 1.93. The van der Waals surface area contributed by atoms with Crippen molar-refractivity contribution in [1.82, 2.24) is 0 Å². The van der Waals surface area contributed by atoms with Gasteiger partial charge in [-0.15, -0.1) is 0 Å². The molecule has 3 unspecified atom stereocenters. The van der Waals surface area contributed by atoms with E-state index >= 15 is 0 Å². The fourth-order valence-corrected chi connectivity index (χ4v) is 3.78. The number of primary amides is 1. The maximum Gasteiger partial charge on any atom is 0.308 e. The predicted octanol–water partition coefficient (Wildman–Crippen LogP) is 1.88. The van der Waals surface area contributed by atoms with Crippen molar-refractivity contribution in [3.05, 3.63) is 28.8 Å². The summed E-state index contributed by atoms with van der Waals surface area (Å²) < 4.78 is 0. The second-order valence-corrected chi connectivity index (χ2v) is 5.82. The van der Waals surface area contributed by atoms with E-state index in [9.17, 15) is 14.7 Å². The summed E-state index contributed by atoms with van der Waals surface area (Å²) in [6.45, 7) is 0. The molecule has 2 heterocycles. The molecule has 6 heteroatoms. The van der Waals surface area contributed by atoms with Crippen LogP contribution in [0.4, 0.5) is 5.69 Å². The molecule has 20 heavy (non-hydrogen) atoms. The first kappa shape index (κ1) is 13.2. The van der Waals surface area contributed by atoms with Gasteiger partial charge in [0.05, 0.1) is 16.6 Å². The Balaban J connectivity index is 1.94. The monoisotopic (exact) mass is 294 g/mol. The van der Waals surface area contributed by atoms with Crippen LogP contribution >= 0.6 is 11.6 Å². The van der Waals surface area contributed by atoms with E-state index in [0.29, 0.717) is 17.0 Å². The molecule has 1 amide bonds. The molecule has 2 aliphatic heterocycles. The Morgan fingerprint density at radius 2 is 2.10 bits per heavy atom. The van der Waals surface area contributed by atoms with Crippen molar-refractivity contribution in [2.45, 2.75) is 31.3 Å². The molecule has 5 nitrogen and oxygen atoms in total. The molecule has 3 rings (SSSR count). The number of benzene rings is 1. The van der Waals surface area contributed by atoms with Gasteiger partial charge in [0.25, 0.3) is 0 Å². The quantitative estimate of drug-likeness (QED) is 0.891. The Bertz CT molecular complexity index is 590. The number of aliphatic carboxylic acids is 1. The summed E-state index contributed by atoms with van der Waals surface area (Å²) in [5, 5.41) is 9.71. The summed E-state index contributed by atoms with van der Waals surface area (Å²) in [7, 11) is 0. The lowest BCUT2D eigenvalue weighted by atomic mass is 9.89. The Hall–Kier alpha value is -1.75. The van der Waals surface area contributed by atoms with Crippen molar-refractivity contribution in [1.29, 1.82) is 0 Å². The van der Waals surface area contributed by atoms with Crippen molar-refractivity contribution in [2.24, 2.45) is 11.7 Å². The number of halogens is 1. The number of carbonyl (C=O) groups is 2. The molecule has 2 aliphatic rings. The van der Waals surface area contributed by atoms with E-state index in [1.807, 2.05) is 0 Å². The van der Waals surface area contributed by atoms with Crippen LogP contribution in [0, 0.1) is 5.92 Å². The zero-order valence-electron chi connectivity index (χ0n) is 10.8. The smallest absolute Gasteiger partial charge is 0.308 e. The molecular formula is C14H15ClN2O3. The van der Waals surface area contributed by atoms with Crippen LogP contribution in [0.5, 0.6) is 0 Å². The lowest BCUT2D eigenvalue weighted by Gasteiger charge is -2.26. The molecule has 3 N–H and O–H groups in total. The molecule has 2 saturated heterocycles. The number of nitrogens with zero attached hydrogens (tertiary/aromatic N) is 1. The first-order valence-corrected chi connectivity index (χ1v) is 6.97. The van der Waals surface area contributed by atoms with Crippen LogP contribution in [-0.4, -0.2) is 29.1 Å². The average molecular weight is 295 g/mol. The largest absolute Gasteiger partial charge is 0.481 e. The zero-order valence-corrected chi connectivity index (χ0v) is 11.5. The van der Waals surface area contributed by atoms with Gasteiger partial charge in [-0.2, -0.15) is 0 Å². The minimum Gasteiger partial charge on any atom is -0.481 e. The molecule has 0 spiro atoms. The number of fused-ring (bicyclic) bond motifs is 2. The van der Waals surface area contributed by atoms with E-state index in [1.54, 1.807) is 18.2 Å². The van der Waals surface area contributed by atoms with Crippen LogP contribution in [0.2, 0.25) is 5.02 Å². The highest BCUT2D eigenvalue weighted by Gasteiger charge is 2.49. The maximum absolute atomic E-state index is 11.3. The second-order valence-electron chi connectivity index (χ2n) is 5.42. The van der Waals surface area contributed by atoms with Crippen molar-refractivity contribution >= 4 is 29.2 Å². The minimum atomic E-state index is -0.743. The zero-order chi connectivity index (χ0) is 14.4. The van der Waals surface area contributed by atoms with E-state index in [4.69, 9.17) is 17.3 Å². The van der Waals surface area contributed by atoms with Gasteiger partial charge in [0.1, 0.15) is 0 Å². The molecule has 0 saturated carbocycles. The minimum absolute atomic E-state index is 0.00516. The molecule has 0 aromatic heterocycles. The Morgan fingerprint density at radius 1 is 1.35 bits per heavy atom. The van der Waals surface area contributed by atoms with Gasteiger partial charge >= 0.3 is 5.97 Å². The topological polar surface area (TPSA) is 83.6 Å². The normalized spacial score (nSPS) is 27.9. The molecular weight excluding hydrogens is 280 g/mol. The third-order valence-corrected chi connectivity index (χ3v) is 4.67. The van der Waals surface area contributed by atoms with Crippen LogP contribution in [0.25, 0.3) is 0 Å². The summed E-state index contributed by atoms with van der Waals surface area (Å²) in [4.78, 5) is 24.5. The summed E-state index contributed by atoms with van der Waals surface area (Å²) in [5.41, 5.74) is 6.39. The number of amides is 1. The molecule has 0 aliphatic carbocycles. The molecule has 106 valence electrons. The van der Waals surface area contributed by atoms with Crippen molar-refractivity contribution in [3.8, 4) is 0 Å². The summed E-state index contributed by atoms with van der Waals surface area (Å²) in [5.74, 6) is -1.60. The number of rotatable bonds is 3. The van der Waals surface area contributed by atoms with Crippen molar-refractivity contribution < 1.29 is 14.7 Å². The van der Waals surface area contributed by atoms with Crippen molar-refractivity contribution in [2.75, 3.05) is 4.90 Å². The van der Waals surface area contributed by atoms with Crippen LogP contribution in [0.1, 0.15) is 29.6 Å². The molecule has 2 bridgehead atoms. The number of carboxylic acids is 1. The highest BCUT2D eigenvalue weighted by atomic mass is 35.5. The molecule has 1 aromatic carbocycles. The first-order valence-electron chi connectivity index (χ1n) is 6.59. The highest BCUT2D eigenvalue weighted by molar-refractivity contribution is 6.33. The number of carboxylic acid groups (broad SMARTS) is 1. The van der Waals surface area contributed by atoms with Crippen LogP contribution in [0.15, 0.2) is 18.2 Å². The lowest BCUT2D eigenvalue weighted by Crippen LogP contribution is -2.33. The number of anilines is 1. The fourth-order valence-electron chi connectivity index (χ4n) is 3.50. The van der Waals surface area contributed by atoms with Gasteiger partial charge in [-0.05, 0) is 37.5 Å². The predicted molar refractivity (Wildman–Crippen MR) is 75.0 cm³/mol. The van der Waals surface area contributed by atoms with Crippen LogP contribution in [0.3, 0.4) is 0 Å². The summed E-state index contributed by atoms with van der Waals surface area (Å²) in [6.07, 6.45) is 2.52. The van der Waals surface area contributed by atoms with Crippen LogP contribution < -0.4 is 10.6 Å². The number of carbonyl (C=O) groups excluding carboxylic acids is 1. The van der Waals surface area contributed by atoms with Gasteiger partial charge < -0.3 is 15.7 Å². The SMILES string of the molecule is NC(=O)c1ccc(N2C3CCC2C(C(=O)O)C3)c(Cl)c1. The summed E-state index contributed by atoms with van der Waals surface area (Å²) >= 11 is 6.24. The Morgan fingerprint density at radius 3 is 2.65 bits per heavy atom. The van der Waals surface area contributed by atoms with Gasteiger partial charge in [0.15, 0.2) is 0 Å². The van der Waals surface area contributed by atoms with E-state index in [1.165, 1.54) is 0 Å². The van der Waals surface area contributed by atoms with Crippen LogP contribution in [-0.2, 0) is 4.79 Å². The Kier molecular flexibility index (Phi) is 3.09. The van der Waals surface area contributed by atoms with E-state index in [2.05, 4.69) is 4.90 Å². The molecule has 2 fully saturated rings. The Labute approximate surface area is 121 Å². The van der Waals surface area contributed by atoms with Crippen molar-refractivity contribution in [3.63, 3.8) is 0 Å². The number of hydrogen-bond donors (Lipinski definition) is 2. The molecule has 1 aromatic rings. The second kappa shape index (κ2) is 4.66. The van der Waals surface area contributed by atoms with Gasteiger partial charge in [0, 0.05) is 17.6 Å². The fraction of sp³-hybridized carbons (Fsp3) is 0.429. The first-order chi connectivity index (χ1) is 9.49. The standard InChI is InChI=1S/C14H15ClN2O3/c15-10-5-7(13(16)18)1-3-12(10)17-8-2-4-11(17)9(6-8)14(19)20/h1,3,5,8-9,11H,2,4,6H2,(H2,16,18)(H,19,20). The highest BCUT2D eigenvalue weighted by Crippen LogP contribution is 2.46. The summed E-state index contributed by atoms with van der Waals surface area (Å²) in [6, 6.07) is 5.16. The van der Waals surface area contributed by atoms with E-state index < -0.39 is 11.9 Å². The number of nitrogens with two attached hydrogens (primary N) is 1. The maximum atomic E-state index is 11.3. The van der Waals surface area contributed by atoms with E-state index in [-0.39, 0.29) is 18.0 Å². The lowest BCUT2D eigenvalue weighted by molar-refractivity contribution is -0.142. The van der Waals surface area contributed by atoms with Gasteiger partial charge in [-0.3, -0.25) is 9.59 Å². The average Bonchev–Trinajstić information content (AvgIpc) is 2.96. The molecule has 3 atom stereocenters. The van der Waals surface area contributed by atoms with E-state index in [0.717, 1.165) is 18.5 Å². The third-order valence-electron chi connectivity index (χ3n) is 4.36. The number of hydrogen-bond acceptors (Lipinski definition) is 3. The molecule has 0 radical (unpaired) electrons. The van der Waals surface area contributed by atoms with Gasteiger partial charge in [-0.25, -0.2) is 0 Å². The van der Waals surface area contributed by atoms with Gasteiger partial charge in [-0.1, -0.05) is 11.6 Å². The van der Waals surface area contributed by atoms with Gasteiger partial charge in [0.2, 0.25) is 5.91 Å².